The second-order valence-electron chi connectivity index (χ2n) is 3.75. The van der Waals surface area contributed by atoms with Gasteiger partial charge in [-0.2, -0.15) is 0 Å². The lowest BCUT2D eigenvalue weighted by Gasteiger charge is -2.32. The fourth-order valence-corrected chi connectivity index (χ4v) is 1.48. The second-order valence-corrected chi connectivity index (χ2v) is 3.75. The summed E-state index contributed by atoms with van der Waals surface area (Å²) >= 11 is 0. The molecule has 0 saturated carbocycles. The Hall–Kier alpha value is -0.610. The SMILES string of the molecule is COC(=O)[C@@H]1CNCC(C(C)C)N1. The number of hydrogen-bond acceptors (Lipinski definition) is 4. The molecule has 1 aliphatic rings. The molecule has 0 aromatic rings. The van der Waals surface area contributed by atoms with E-state index in [1.807, 2.05) is 0 Å². The molecule has 1 saturated heterocycles. The van der Waals surface area contributed by atoms with Gasteiger partial charge in [0.1, 0.15) is 6.04 Å². The van der Waals surface area contributed by atoms with Crippen molar-refractivity contribution < 1.29 is 9.53 Å². The fraction of sp³-hybridized carbons (Fsp3) is 0.889. The average Bonchev–Trinajstić information content (AvgIpc) is 2.17. The predicted molar refractivity (Wildman–Crippen MR) is 50.4 cm³/mol. The van der Waals surface area contributed by atoms with Gasteiger partial charge >= 0.3 is 5.97 Å². The van der Waals surface area contributed by atoms with Gasteiger partial charge in [-0.1, -0.05) is 13.8 Å². The Labute approximate surface area is 79.0 Å². The Kier molecular flexibility index (Phi) is 3.69. The molecule has 4 heteroatoms. The number of ether oxygens (including phenoxy) is 1. The Bertz CT molecular complexity index is 182. The summed E-state index contributed by atoms with van der Waals surface area (Å²) in [5.41, 5.74) is 0. The molecule has 1 rings (SSSR count). The van der Waals surface area contributed by atoms with Crippen molar-refractivity contribution in [3.8, 4) is 0 Å². The molecule has 0 aromatic carbocycles. The number of rotatable bonds is 2. The summed E-state index contributed by atoms with van der Waals surface area (Å²) in [7, 11) is 1.42. The molecule has 0 amide bonds. The van der Waals surface area contributed by atoms with E-state index in [1.165, 1.54) is 7.11 Å². The number of nitrogens with one attached hydrogen (secondary N) is 2. The highest BCUT2D eigenvalue weighted by molar-refractivity contribution is 5.76. The summed E-state index contributed by atoms with van der Waals surface area (Å²) in [4.78, 5) is 11.2. The van der Waals surface area contributed by atoms with Crippen molar-refractivity contribution >= 4 is 5.97 Å². The van der Waals surface area contributed by atoms with Crippen molar-refractivity contribution in [3.05, 3.63) is 0 Å². The zero-order valence-corrected chi connectivity index (χ0v) is 8.46. The van der Waals surface area contributed by atoms with Gasteiger partial charge < -0.3 is 10.1 Å². The number of carbonyl (C=O) groups excluding carboxylic acids is 1. The van der Waals surface area contributed by atoms with Crippen molar-refractivity contribution in [2.75, 3.05) is 20.2 Å². The van der Waals surface area contributed by atoms with Crippen LogP contribution in [0.5, 0.6) is 0 Å². The first-order chi connectivity index (χ1) is 6.15. The predicted octanol–water partition coefficient (Wildman–Crippen LogP) is -0.255. The van der Waals surface area contributed by atoms with Crippen LogP contribution in [0.3, 0.4) is 0 Å². The summed E-state index contributed by atoms with van der Waals surface area (Å²) in [6.45, 7) is 5.86. The zero-order chi connectivity index (χ0) is 9.84. The largest absolute Gasteiger partial charge is 0.468 e. The Balaban J connectivity index is 2.46. The maximum atomic E-state index is 11.2. The molecule has 2 atom stereocenters. The molecular weight excluding hydrogens is 168 g/mol. The van der Waals surface area contributed by atoms with E-state index >= 15 is 0 Å². The molecule has 13 heavy (non-hydrogen) atoms. The lowest BCUT2D eigenvalue weighted by Crippen LogP contribution is -2.59. The molecule has 1 aliphatic heterocycles. The first kappa shape index (κ1) is 10.5. The fourth-order valence-electron chi connectivity index (χ4n) is 1.48. The van der Waals surface area contributed by atoms with Gasteiger partial charge in [0.15, 0.2) is 0 Å². The second kappa shape index (κ2) is 4.58. The van der Waals surface area contributed by atoms with Crippen LogP contribution >= 0.6 is 0 Å². The van der Waals surface area contributed by atoms with E-state index in [-0.39, 0.29) is 12.0 Å². The van der Waals surface area contributed by atoms with E-state index in [4.69, 9.17) is 0 Å². The minimum atomic E-state index is -0.189. The first-order valence-corrected chi connectivity index (χ1v) is 4.69. The van der Waals surface area contributed by atoms with Crippen LogP contribution in [0.2, 0.25) is 0 Å². The minimum Gasteiger partial charge on any atom is -0.468 e. The number of methoxy groups -OCH3 is 1. The normalized spacial score (nSPS) is 28.9. The quantitative estimate of drug-likeness (QED) is 0.584. The number of piperazine rings is 1. The van der Waals surface area contributed by atoms with Crippen molar-refractivity contribution in [2.24, 2.45) is 5.92 Å². The van der Waals surface area contributed by atoms with Gasteiger partial charge in [0, 0.05) is 19.1 Å². The minimum absolute atomic E-state index is 0.183. The Morgan fingerprint density at radius 2 is 2.15 bits per heavy atom. The molecule has 76 valence electrons. The van der Waals surface area contributed by atoms with E-state index < -0.39 is 0 Å². The molecule has 0 bridgehead atoms. The van der Waals surface area contributed by atoms with Crippen molar-refractivity contribution in [1.82, 2.24) is 10.6 Å². The number of hydrogen-bond donors (Lipinski definition) is 2. The molecule has 1 unspecified atom stereocenters. The van der Waals surface area contributed by atoms with Crippen molar-refractivity contribution in [1.29, 1.82) is 0 Å². The molecule has 1 heterocycles. The monoisotopic (exact) mass is 186 g/mol. The topological polar surface area (TPSA) is 50.4 Å². The van der Waals surface area contributed by atoms with E-state index in [0.717, 1.165) is 6.54 Å². The van der Waals surface area contributed by atoms with Crippen LogP contribution in [0.4, 0.5) is 0 Å². The summed E-state index contributed by atoms with van der Waals surface area (Å²) in [5, 5.41) is 6.48. The van der Waals surface area contributed by atoms with Crippen LogP contribution in [0.25, 0.3) is 0 Å². The number of carbonyl (C=O) groups is 1. The Morgan fingerprint density at radius 3 is 2.69 bits per heavy atom. The summed E-state index contributed by atoms with van der Waals surface area (Å²) in [6.07, 6.45) is 0. The maximum absolute atomic E-state index is 11.2. The summed E-state index contributed by atoms with van der Waals surface area (Å²) in [6, 6.07) is 0.170. The van der Waals surface area contributed by atoms with Gasteiger partial charge in [-0.15, -0.1) is 0 Å². The van der Waals surface area contributed by atoms with Crippen LogP contribution in [0.15, 0.2) is 0 Å². The highest BCUT2D eigenvalue weighted by Crippen LogP contribution is 2.05. The Morgan fingerprint density at radius 1 is 1.46 bits per heavy atom. The lowest BCUT2D eigenvalue weighted by atomic mass is 10.0. The molecule has 0 aromatic heterocycles. The zero-order valence-electron chi connectivity index (χ0n) is 8.46. The third-order valence-corrected chi connectivity index (χ3v) is 2.42. The molecular formula is C9H18N2O2. The third kappa shape index (κ3) is 2.67. The van der Waals surface area contributed by atoms with Crippen LogP contribution in [-0.2, 0) is 9.53 Å². The molecule has 1 fully saturated rings. The number of esters is 1. The first-order valence-electron chi connectivity index (χ1n) is 4.69. The van der Waals surface area contributed by atoms with Crippen LogP contribution in [0.1, 0.15) is 13.8 Å². The van der Waals surface area contributed by atoms with Crippen molar-refractivity contribution in [3.63, 3.8) is 0 Å². The van der Waals surface area contributed by atoms with Gasteiger partial charge in [-0.25, -0.2) is 0 Å². The smallest absolute Gasteiger partial charge is 0.324 e. The molecule has 0 radical (unpaired) electrons. The summed E-state index contributed by atoms with van der Waals surface area (Å²) in [5.74, 6) is 0.345. The summed E-state index contributed by atoms with van der Waals surface area (Å²) < 4.78 is 4.68. The third-order valence-electron chi connectivity index (χ3n) is 2.42. The van der Waals surface area contributed by atoms with Crippen LogP contribution in [-0.4, -0.2) is 38.3 Å². The molecule has 4 nitrogen and oxygen atoms in total. The molecule has 0 spiro atoms. The average molecular weight is 186 g/mol. The molecule has 2 N–H and O–H groups in total. The lowest BCUT2D eigenvalue weighted by molar-refractivity contribution is -0.143. The van der Waals surface area contributed by atoms with Gasteiger partial charge in [0.05, 0.1) is 7.11 Å². The van der Waals surface area contributed by atoms with E-state index in [2.05, 4.69) is 29.2 Å². The van der Waals surface area contributed by atoms with Crippen LogP contribution in [0, 0.1) is 5.92 Å². The van der Waals surface area contributed by atoms with Gasteiger partial charge in [0.25, 0.3) is 0 Å². The van der Waals surface area contributed by atoms with Gasteiger partial charge in [-0.3, -0.25) is 10.1 Å². The van der Waals surface area contributed by atoms with Crippen molar-refractivity contribution in [2.45, 2.75) is 25.9 Å². The standard InChI is InChI=1S/C9H18N2O2/c1-6(2)7-4-10-5-8(11-7)9(12)13-3/h6-8,10-11H,4-5H2,1-3H3/t7?,8-/m0/s1. The highest BCUT2D eigenvalue weighted by atomic mass is 16.5. The highest BCUT2D eigenvalue weighted by Gasteiger charge is 2.27. The van der Waals surface area contributed by atoms with E-state index in [9.17, 15) is 4.79 Å². The van der Waals surface area contributed by atoms with Crippen LogP contribution < -0.4 is 10.6 Å². The molecule has 0 aliphatic carbocycles. The van der Waals surface area contributed by atoms with E-state index in [1.54, 1.807) is 0 Å². The van der Waals surface area contributed by atoms with Gasteiger partial charge in [0.2, 0.25) is 0 Å². The van der Waals surface area contributed by atoms with E-state index in [0.29, 0.717) is 18.5 Å². The maximum Gasteiger partial charge on any atom is 0.324 e. The van der Waals surface area contributed by atoms with Gasteiger partial charge in [-0.05, 0) is 5.92 Å².